The highest BCUT2D eigenvalue weighted by Crippen LogP contribution is 2.28. The predicted octanol–water partition coefficient (Wildman–Crippen LogP) is 6.19. The highest BCUT2D eigenvalue weighted by atomic mass is 16.5. The van der Waals surface area contributed by atoms with Crippen molar-refractivity contribution >= 4 is 16.8 Å². The number of carbonyl (C=O) groups excluding carboxylic acids is 1. The maximum Gasteiger partial charge on any atom is 0.254 e. The number of rotatable bonds is 7. The van der Waals surface area contributed by atoms with Crippen molar-refractivity contribution in [2.45, 2.75) is 51.5 Å². The molecule has 1 saturated carbocycles. The molecule has 1 amide bonds. The van der Waals surface area contributed by atoms with E-state index in [4.69, 9.17) is 9.47 Å². The molecule has 0 spiro atoms. The van der Waals surface area contributed by atoms with E-state index in [9.17, 15) is 4.79 Å². The van der Waals surface area contributed by atoms with Gasteiger partial charge in [0, 0.05) is 37.3 Å². The van der Waals surface area contributed by atoms with Crippen LogP contribution in [0.3, 0.4) is 0 Å². The van der Waals surface area contributed by atoms with E-state index in [2.05, 4.69) is 16.0 Å². The summed E-state index contributed by atoms with van der Waals surface area (Å²) in [6.07, 6.45) is 12.2. The van der Waals surface area contributed by atoms with Gasteiger partial charge in [-0.2, -0.15) is 0 Å². The number of hydrogen-bond donors (Lipinski definition) is 0. The first-order chi connectivity index (χ1) is 18.1. The zero-order chi connectivity index (χ0) is 26.0. The summed E-state index contributed by atoms with van der Waals surface area (Å²) in [5.41, 5.74) is 2.48. The molecule has 198 valence electrons. The molecule has 2 aromatic carbocycles. The largest absolute Gasteiger partial charge is 0.493 e. The van der Waals surface area contributed by atoms with Gasteiger partial charge < -0.3 is 19.3 Å². The molecular weight excluding hydrogens is 462 g/mol. The summed E-state index contributed by atoms with van der Waals surface area (Å²) in [4.78, 5) is 21.5. The fraction of sp³-hybridized carbons (Fsp3) is 0.484. The van der Waals surface area contributed by atoms with Gasteiger partial charge in [-0.15, -0.1) is 0 Å². The molecule has 0 N–H and O–H groups in total. The van der Waals surface area contributed by atoms with Crippen LogP contribution in [0.2, 0.25) is 0 Å². The van der Waals surface area contributed by atoms with Gasteiger partial charge in [-0.3, -0.25) is 9.78 Å². The Balaban J connectivity index is 0.000000222. The van der Waals surface area contributed by atoms with Crippen molar-refractivity contribution in [2.24, 2.45) is 5.92 Å². The van der Waals surface area contributed by atoms with Gasteiger partial charge in [0.25, 0.3) is 5.91 Å². The third kappa shape index (κ3) is 7.45. The standard InChI is InChI=1S/C20H20N2O3.C11H21N/c1-22(13-14-10-15-6-4-5-7-17(15)21-12-14)20(23)16-8-9-18(24-2)19(11-16)25-3;1-2-6-11(7-3-1)10-12-8-4-5-9-12/h4-12H,13H2,1-3H3;11H,1-10H2. The molecule has 1 aliphatic carbocycles. The van der Waals surface area contributed by atoms with Crippen LogP contribution in [0.15, 0.2) is 54.7 Å². The van der Waals surface area contributed by atoms with E-state index in [1.807, 2.05) is 24.3 Å². The Bertz CT molecular complexity index is 1150. The number of pyridine rings is 1. The lowest BCUT2D eigenvalue weighted by molar-refractivity contribution is 0.0784. The summed E-state index contributed by atoms with van der Waals surface area (Å²) in [7, 11) is 4.89. The molecule has 0 unspecified atom stereocenters. The molecule has 3 aromatic rings. The number of aromatic nitrogens is 1. The minimum atomic E-state index is -0.0888. The number of carbonyl (C=O) groups is 1. The lowest BCUT2D eigenvalue weighted by Gasteiger charge is -2.26. The van der Waals surface area contributed by atoms with E-state index in [1.165, 1.54) is 64.6 Å². The molecule has 1 aromatic heterocycles. The number of benzene rings is 2. The van der Waals surface area contributed by atoms with Crippen LogP contribution >= 0.6 is 0 Å². The predicted molar refractivity (Wildman–Crippen MR) is 149 cm³/mol. The second kappa shape index (κ2) is 13.4. The molecule has 0 radical (unpaired) electrons. The Morgan fingerprint density at radius 3 is 2.41 bits per heavy atom. The lowest BCUT2D eigenvalue weighted by Crippen LogP contribution is -2.27. The third-order valence-electron chi connectivity index (χ3n) is 7.48. The first kappa shape index (κ1) is 26.9. The molecule has 37 heavy (non-hydrogen) atoms. The van der Waals surface area contributed by atoms with Crippen LogP contribution in [0.4, 0.5) is 0 Å². The molecule has 0 bridgehead atoms. The zero-order valence-electron chi connectivity index (χ0n) is 22.6. The number of amides is 1. The molecule has 6 nitrogen and oxygen atoms in total. The number of para-hydroxylation sites is 1. The maximum atomic E-state index is 12.7. The number of likely N-dealkylation sites (tertiary alicyclic amines) is 1. The maximum absolute atomic E-state index is 12.7. The monoisotopic (exact) mass is 503 g/mol. The van der Waals surface area contributed by atoms with Gasteiger partial charge in [-0.25, -0.2) is 0 Å². The van der Waals surface area contributed by atoms with Crippen molar-refractivity contribution in [1.82, 2.24) is 14.8 Å². The first-order valence-corrected chi connectivity index (χ1v) is 13.6. The van der Waals surface area contributed by atoms with E-state index in [-0.39, 0.29) is 5.91 Å². The Labute approximate surface area is 221 Å². The summed E-state index contributed by atoms with van der Waals surface area (Å²) in [5.74, 6) is 2.10. The number of methoxy groups -OCH3 is 2. The molecule has 0 atom stereocenters. The Kier molecular flexibility index (Phi) is 9.78. The highest BCUT2D eigenvalue weighted by molar-refractivity contribution is 5.94. The number of nitrogens with zero attached hydrogens (tertiary/aromatic N) is 3. The van der Waals surface area contributed by atoms with E-state index in [0.29, 0.717) is 23.6 Å². The van der Waals surface area contributed by atoms with Crippen LogP contribution in [0.25, 0.3) is 10.9 Å². The van der Waals surface area contributed by atoms with Crippen molar-refractivity contribution in [3.8, 4) is 11.5 Å². The molecule has 2 aliphatic rings. The van der Waals surface area contributed by atoms with Crippen molar-refractivity contribution in [1.29, 1.82) is 0 Å². The topological polar surface area (TPSA) is 54.9 Å². The SMILES string of the molecule is C1CCC(CN2CCCC2)CC1.COc1ccc(C(=O)N(C)Cc2cnc3ccccc3c2)cc1OC. The summed E-state index contributed by atoms with van der Waals surface area (Å²) >= 11 is 0. The van der Waals surface area contributed by atoms with Crippen molar-refractivity contribution in [3.63, 3.8) is 0 Å². The van der Waals surface area contributed by atoms with E-state index in [1.54, 1.807) is 50.6 Å². The van der Waals surface area contributed by atoms with Crippen molar-refractivity contribution < 1.29 is 14.3 Å². The van der Waals surface area contributed by atoms with E-state index >= 15 is 0 Å². The average molecular weight is 504 g/mol. The molecular formula is C31H41N3O3. The number of hydrogen-bond acceptors (Lipinski definition) is 5. The Morgan fingerprint density at radius 2 is 1.68 bits per heavy atom. The Hall–Kier alpha value is -3.12. The molecule has 2 fully saturated rings. The molecule has 1 aliphatic heterocycles. The summed E-state index contributed by atoms with van der Waals surface area (Å²) in [5, 5.41) is 1.06. The second-order valence-electron chi connectivity index (χ2n) is 10.3. The second-order valence-corrected chi connectivity index (χ2v) is 10.3. The van der Waals surface area contributed by atoms with Gasteiger partial charge in [0.2, 0.25) is 0 Å². The van der Waals surface area contributed by atoms with Crippen LogP contribution in [0.1, 0.15) is 60.9 Å². The summed E-state index contributed by atoms with van der Waals surface area (Å²) < 4.78 is 10.5. The average Bonchev–Trinajstić information content (AvgIpc) is 3.46. The van der Waals surface area contributed by atoms with Gasteiger partial charge in [-0.05, 0) is 80.6 Å². The van der Waals surface area contributed by atoms with Crippen LogP contribution < -0.4 is 9.47 Å². The summed E-state index contributed by atoms with van der Waals surface area (Å²) in [6.45, 7) is 4.66. The molecule has 1 saturated heterocycles. The molecule has 5 rings (SSSR count). The Morgan fingerprint density at radius 1 is 0.946 bits per heavy atom. The molecule has 6 heteroatoms. The number of fused-ring (bicyclic) bond motifs is 1. The van der Waals surface area contributed by atoms with Crippen LogP contribution in [-0.2, 0) is 6.54 Å². The fourth-order valence-corrected chi connectivity index (χ4v) is 5.44. The van der Waals surface area contributed by atoms with Crippen molar-refractivity contribution in [3.05, 3.63) is 65.9 Å². The fourth-order valence-electron chi connectivity index (χ4n) is 5.44. The van der Waals surface area contributed by atoms with Gasteiger partial charge in [0.1, 0.15) is 0 Å². The smallest absolute Gasteiger partial charge is 0.254 e. The van der Waals surface area contributed by atoms with Gasteiger partial charge in [0.05, 0.1) is 19.7 Å². The normalized spacial score (nSPS) is 16.2. The van der Waals surface area contributed by atoms with Gasteiger partial charge >= 0.3 is 0 Å². The third-order valence-corrected chi connectivity index (χ3v) is 7.48. The number of ether oxygens (including phenoxy) is 2. The molecule has 2 heterocycles. The van der Waals surface area contributed by atoms with E-state index in [0.717, 1.165) is 22.4 Å². The minimum Gasteiger partial charge on any atom is -0.493 e. The van der Waals surface area contributed by atoms with Crippen LogP contribution in [0, 0.1) is 5.92 Å². The van der Waals surface area contributed by atoms with Crippen molar-refractivity contribution in [2.75, 3.05) is 40.9 Å². The van der Waals surface area contributed by atoms with Crippen LogP contribution in [0.5, 0.6) is 11.5 Å². The quantitative estimate of drug-likeness (QED) is 0.385. The first-order valence-electron chi connectivity index (χ1n) is 13.6. The zero-order valence-corrected chi connectivity index (χ0v) is 22.6. The lowest BCUT2D eigenvalue weighted by atomic mass is 9.89. The van der Waals surface area contributed by atoms with E-state index < -0.39 is 0 Å². The van der Waals surface area contributed by atoms with Gasteiger partial charge in [0.15, 0.2) is 11.5 Å². The summed E-state index contributed by atoms with van der Waals surface area (Å²) in [6, 6.07) is 15.1. The van der Waals surface area contributed by atoms with Crippen LogP contribution in [-0.4, -0.2) is 61.6 Å². The highest BCUT2D eigenvalue weighted by Gasteiger charge is 2.19. The van der Waals surface area contributed by atoms with Gasteiger partial charge in [-0.1, -0.05) is 37.5 Å². The minimum absolute atomic E-state index is 0.0888.